The van der Waals surface area contributed by atoms with Gasteiger partial charge in [-0.05, 0) is 13.0 Å². The molecule has 1 radical (unpaired) electrons. The fourth-order valence-electron chi connectivity index (χ4n) is 0.185. The minimum atomic E-state index is 0.677. The maximum Gasteiger partial charge on any atom is 0.0700 e. The Bertz CT molecular complexity index is 19.5. The molecule has 0 unspecified atom stereocenters. The zero-order valence-corrected chi connectivity index (χ0v) is 3.81. The minimum absolute atomic E-state index is 0.677. The summed E-state index contributed by atoms with van der Waals surface area (Å²) in [6, 6.07) is 0. The highest BCUT2D eigenvalue weighted by atomic mass is 16.5. The number of hydrogen-bond acceptors (Lipinski definition) is 2. The molecule has 0 bridgehead atoms. The molecule has 0 heterocycles. The maximum absolute atomic E-state index is 5.11. The Hall–Kier alpha value is -0.0800. The van der Waals surface area contributed by atoms with Crippen molar-refractivity contribution in [2.75, 3.05) is 13.2 Å². The molecule has 0 aliphatic carbocycles. The van der Waals surface area contributed by atoms with Gasteiger partial charge in [-0.3, -0.25) is 0 Å². The normalized spacial score (nSPS) is 9.00. The molecule has 0 amide bonds. The van der Waals surface area contributed by atoms with Gasteiger partial charge in [0.15, 0.2) is 0 Å². The van der Waals surface area contributed by atoms with Crippen LogP contribution in [0.5, 0.6) is 0 Å². The number of hydrogen-bond donors (Lipinski definition) is 1. The van der Waals surface area contributed by atoms with Crippen LogP contribution in [-0.2, 0) is 4.74 Å². The summed E-state index contributed by atoms with van der Waals surface area (Å²) >= 11 is 0. The van der Waals surface area contributed by atoms with Gasteiger partial charge in [-0.2, -0.15) is 0 Å². The average molecular weight is 88.1 g/mol. The molecule has 2 heteroatoms. The Morgan fingerprint density at radius 1 is 1.67 bits per heavy atom. The number of ether oxygens (including phenoxy) is 1. The van der Waals surface area contributed by atoms with Crippen LogP contribution < -0.4 is 5.73 Å². The second-order valence-electron chi connectivity index (χ2n) is 1.05. The van der Waals surface area contributed by atoms with Gasteiger partial charge in [0.25, 0.3) is 0 Å². The molecule has 0 aromatic rings. The molecule has 0 saturated heterocycles. The van der Waals surface area contributed by atoms with Crippen LogP contribution in [0.25, 0.3) is 0 Å². The Kier molecular flexibility index (Phi) is 4.85. The second-order valence-corrected chi connectivity index (χ2v) is 1.05. The van der Waals surface area contributed by atoms with Gasteiger partial charge < -0.3 is 10.5 Å². The lowest BCUT2D eigenvalue weighted by Crippen LogP contribution is -2.01. The molecule has 0 aromatic heterocycles. The maximum atomic E-state index is 5.11. The van der Waals surface area contributed by atoms with Crippen LogP contribution in [0.4, 0.5) is 0 Å². The molecule has 2 nitrogen and oxygen atoms in total. The van der Waals surface area contributed by atoms with Gasteiger partial charge in [0.2, 0.25) is 0 Å². The molecule has 6 heavy (non-hydrogen) atoms. The van der Waals surface area contributed by atoms with Crippen molar-refractivity contribution in [3.63, 3.8) is 0 Å². The van der Waals surface area contributed by atoms with E-state index in [0.29, 0.717) is 13.2 Å². The summed E-state index contributed by atoms with van der Waals surface area (Å²) in [6.45, 7) is 1.37. The second kappa shape index (κ2) is 4.92. The lowest BCUT2D eigenvalue weighted by Gasteiger charge is -1.89. The van der Waals surface area contributed by atoms with E-state index in [2.05, 4.69) is 11.8 Å². The van der Waals surface area contributed by atoms with Crippen molar-refractivity contribution in [2.24, 2.45) is 5.73 Å². The number of rotatable bonds is 3. The van der Waals surface area contributed by atoms with E-state index in [-0.39, 0.29) is 0 Å². The molecule has 0 aromatic carbocycles. The van der Waals surface area contributed by atoms with Crippen LogP contribution in [0.1, 0.15) is 6.42 Å². The van der Waals surface area contributed by atoms with Crippen LogP contribution in [0.3, 0.4) is 0 Å². The van der Waals surface area contributed by atoms with Crippen LogP contribution >= 0.6 is 0 Å². The van der Waals surface area contributed by atoms with Gasteiger partial charge in [-0.15, -0.1) is 0 Å². The topological polar surface area (TPSA) is 35.2 Å². The third-order valence-corrected chi connectivity index (χ3v) is 0.493. The average Bonchev–Trinajstić information content (AvgIpc) is 1.61. The first-order valence-corrected chi connectivity index (χ1v) is 1.99. The zero-order chi connectivity index (χ0) is 4.83. The first kappa shape index (κ1) is 5.92. The third kappa shape index (κ3) is 3.92. The molecule has 0 atom stereocenters. The van der Waals surface area contributed by atoms with Crippen LogP contribution in [0.2, 0.25) is 0 Å². The summed E-state index contributed by atoms with van der Waals surface area (Å²) in [5.41, 5.74) is 5.11. The zero-order valence-electron chi connectivity index (χ0n) is 3.81. The Labute approximate surface area is 38.3 Å². The molecular formula is C4H10NO. The molecule has 0 rings (SSSR count). The summed E-state index contributed by atoms with van der Waals surface area (Å²) in [7, 11) is 3.17. The fourth-order valence-corrected chi connectivity index (χ4v) is 0.185. The SMILES string of the molecule is [CH2]OCCCN. The van der Waals surface area contributed by atoms with Crippen molar-refractivity contribution in [2.45, 2.75) is 6.42 Å². The van der Waals surface area contributed by atoms with Gasteiger partial charge in [-0.25, -0.2) is 0 Å². The molecular weight excluding hydrogens is 78.0 g/mol. The molecule has 2 N–H and O–H groups in total. The van der Waals surface area contributed by atoms with Gasteiger partial charge in [-0.1, -0.05) is 0 Å². The highest BCUT2D eigenvalue weighted by molar-refractivity contribution is 4.32. The fraction of sp³-hybridized carbons (Fsp3) is 0.750. The predicted octanol–water partition coefficient (Wildman–Crippen LogP) is 0.143. The van der Waals surface area contributed by atoms with E-state index in [1.165, 1.54) is 0 Å². The van der Waals surface area contributed by atoms with Gasteiger partial charge in [0, 0.05) is 6.61 Å². The molecule has 0 fully saturated rings. The quantitative estimate of drug-likeness (QED) is 0.498. The van der Waals surface area contributed by atoms with E-state index >= 15 is 0 Å². The van der Waals surface area contributed by atoms with Gasteiger partial charge in [0.1, 0.15) is 0 Å². The summed E-state index contributed by atoms with van der Waals surface area (Å²) in [5.74, 6) is 0. The highest BCUT2D eigenvalue weighted by Crippen LogP contribution is 1.72. The first-order valence-electron chi connectivity index (χ1n) is 1.99. The van der Waals surface area contributed by atoms with E-state index < -0.39 is 0 Å². The van der Waals surface area contributed by atoms with E-state index in [1.807, 2.05) is 0 Å². The highest BCUT2D eigenvalue weighted by Gasteiger charge is 1.74. The largest absolute Gasteiger partial charge is 0.379 e. The summed E-state index contributed by atoms with van der Waals surface area (Å²) in [4.78, 5) is 0. The van der Waals surface area contributed by atoms with Crippen molar-refractivity contribution in [3.05, 3.63) is 7.11 Å². The Morgan fingerprint density at radius 2 is 2.33 bits per heavy atom. The van der Waals surface area contributed by atoms with Gasteiger partial charge >= 0.3 is 0 Å². The first-order chi connectivity index (χ1) is 2.91. The van der Waals surface area contributed by atoms with E-state index in [0.717, 1.165) is 6.42 Å². The minimum Gasteiger partial charge on any atom is -0.379 e. The Morgan fingerprint density at radius 3 is 2.50 bits per heavy atom. The van der Waals surface area contributed by atoms with E-state index in [1.54, 1.807) is 0 Å². The lowest BCUT2D eigenvalue weighted by atomic mass is 10.5. The molecule has 0 aliphatic heterocycles. The van der Waals surface area contributed by atoms with Crippen molar-refractivity contribution in [3.8, 4) is 0 Å². The molecule has 0 spiro atoms. The third-order valence-electron chi connectivity index (χ3n) is 0.493. The van der Waals surface area contributed by atoms with Crippen molar-refractivity contribution in [1.82, 2.24) is 0 Å². The smallest absolute Gasteiger partial charge is 0.0700 e. The summed E-state index contributed by atoms with van der Waals surface area (Å²) in [6.07, 6.45) is 0.906. The molecule has 0 aliphatic rings. The monoisotopic (exact) mass is 88.1 g/mol. The molecule has 0 saturated carbocycles. The van der Waals surface area contributed by atoms with Crippen molar-refractivity contribution in [1.29, 1.82) is 0 Å². The van der Waals surface area contributed by atoms with Crippen molar-refractivity contribution < 1.29 is 4.74 Å². The predicted molar refractivity (Wildman–Crippen MR) is 25.0 cm³/mol. The standard InChI is InChI=1S/C4H10NO/c1-6-4-2-3-5/h1-5H2. The van der Waals surface area contributed by atoms with Crippen LogP contribution in [0, 0.1) is 7.11 Å². The van der Waals surface area contributed by atoms with Crippen LogP contribution in [-0.4, -0.2) is 13.2 Å². The summed E-state index contributed by atoms with van der Waals surface area (Å²) < 4.78 is 4.45. The van der Waals surface area contributed by atoms with Gasteiger partial charge in [0.05, 0.1) is 7.11 Å². The Balaban J connectivity index is 2.34. The van der Waals surface area contributed by atoms with Crippen molar-refractivity contribution >= 4 is 0 Å². The summed E-state index contributed by atoms with van der Waals surface area (Å²) in [5, 5.41) is 0. The van der Waals surface area contributed by atoms with Crippen LogP contribution in [0.15, 0.2) is 0 Å². The van der Waals surface area contributed by atoms with E-state index in [9.17, 15) is 0 Å². The molecule has 37 valence electrons. The number of nitrogens with two attached hydrogens (primary N) is 1. The lowest BCUT2D eigenvalue weighted by molar-refractivity contribution is 0.239. The van der Waals surface area contributed by atoms with E-state index in [4.69, 9.17) is 5.73 Å².